The fraction of sp³-hybridized carbons (Fsp3) is 0.667. The predicted molar refractivity (Wildman–Crippen MR) is 55.9 cm³/mol. The van der Waals surface area contributed by atoms with Crippen molar-refractivity contribution in [3.05, 3.63) is 0 Å². The molecule has 0 aliphatic rings. The van der Waals surface area contributed by atoms with Crippen molar-refractivity contribution in [1.29, 1.82) is 0 Å². The van der Waals surface area contributed by atoms with Crippen LogP contribution in [0.2, 0.25) is 0 Å². The molecule has 0 aliphatic carbocycles. The van der Waals surface area contributed by atoms with Crippen molar-refractivity contribution >= 4 is 35.7 Å². The molecule has 0 bridgehead atoms. The van der Waals surface area contributed by atoms with E-state index in [1.807, 2.05) is 13.8 Å². The van der Waals surface area contributed by atoms with Crippen molar-refractivity contribution in [2.24, 2.45) is 5.73 Å². The van der Waals surface area contributed by atoms with Crippen LogP contribution in [0.15, 0.2) is 0 Å². The summed E-state index contributed by atoms with van der Waals surface area (Å²) in [5.74, 6) is 0. The molecule has 0 fully saturated rings. The fourth-order valence-corrected chi connectivity index (χ4v) is 0.777. The summed E-state index contributed by atoms with van der Waals surface area (Å²) < 4.78 is 0. The molecule has 0 atom stereocenters. The molecular weight excluding hydrogens is 309 g/mol. The van der Waals surface area contributed by atoms with E-state index in [0.29, 0.717) is 0 Å². The van der Waals surface area contributed by atoms with E-state index >= 15 is 0 Å². The molecule has 2 N–H and O–H groups in total. The molecule has 0 saturated heterocycles. The van der Waals surface area contributed by atoms with Crippen LogP contribution >= 0.6 is 25.3 Å². The van der Waals surface area contributed by atoms with Gasteiger partial charge in [0, 0.05) is 40.4 Å². The molecule has 0 aromatic heterocycles. The van der Waals surface area contributed by atoms with Crippen LogP contribution < -0.4 is 5.73 Å². The molecule has 0 unspecified atom stereocenters. The van der Waals surface area contributed by atoms with E-state index < -0.39 is 5.24 Å². The number of hydrogen-bond donors (Lipinski definition) is 3. The van der Waals surface area contributed by atoms with Gasteiger partial charge in [-0.1, -0.05) is 25.3 Å². The topological polar surface area (TPSA) is 63.4 Å². The Morgan fingerprint density at radius 3 is 1.46 bits per heavy atom. The van der Waals surface area contributed by atoms with Crippen molar-refractivity contribution in [3.63, 3.8) is 0 Å². The number of nitrogens with two attached hydrogens (primary N) is 1. The number of amides is 2. The Morgan fingerprint density at radius 1 is 1.23 bits per heavy atom. The second-order valence-electron chi connectivity index (χ2n) is 1.79. The van der Waals surface area contributed by atoms with Gasteiger partial charge in [-0.15, -0.1) is 0 Å². The van der Waals surface area contributed by atoms with Gasteiger partial charge < -0.3 is 10.6 Å². The van der Waals surface area contributed by atoms with Gasteiger partial charge in [0.1, 0.15) is 0 Å². The molecule has 0 aliphatic heterocycles. The first kappa shape index (κ1) is 19.2. The third-order valence-corrected chi connectivity index (χ3v) is 1.32. The van der Waals surface area contributed by atoms with Crippen molar-refractivity contribution in [2.45, 2.75) is 13.8 Å². The van der Waals surface area contributed by atoms with E-state index in [1.54, 1.807) is 4.90 Å². The van der Waals surface area contributed by atoms with Crippen molar-refractivity contribution in [3.8, 4) is 0 Å². The minimum Gasteiger partial charge on any atom is -0.361 e. The third-order valence-electron chi connectivity index (χ3n) is 1.03. The normalized spacial score (nSPS) is 7.38. The zero-order valence-electron chi connectivity index (χ0n) is 7.86. The number of hydrogen-bond acceptors (Lipinski definition) is 2. The number of carbonyl (C=O) groups excluding carboxylic acids is 2. The minimum absolute atomic E-state index is 0. The van der Waals surface area contributed by atoms with E-state index in [0.717, 1.165) is 13.1 Å². The Morgan fingerprint density at radius 2 is 1.46 bits per heavy atom. The second kappa shape index (κ2) is 12.6. The first-order valence-electron chi connectivity index (χ1n) is 3.41. The van der Waals surface area contributed by atoms with Crippen molar-refractivity contribution in [2.75, 3.05) is 13.1 Å². The van der Waals surface area contributed by atoms with Crippen LogP contribution in [-0.4, -0.2) is 28.5 Å². The maximum absolute atomic E-state index is 10.4. The Balaban J connectivity index is -0.000000173. The Hall–Kier alpha value is 0.562. The van der Waals surface area contributed by atoms with Gasteiger partial charge in [0.2, 0.25) is 0 Å². The zero-order valence-corrected chi connectivity index (χ0v) is 13.7. The number of primary amides is 1. The van der Waals surface area contributed by atoms with Gasteiger partial charge in [0.25, 0.3) is 10.5 Å². The van der Waals surface area contributed by atoms with E-state index in [2.05, 4.69) is 31.0 Å². The average Bonchev–Trinajstić information content (AvgIpc) is 1.87. The molecular formula is C6H14CdN2O2S2. The molecule has 13 heavy (non-hydrogen) atoms. The summed E-state index contributed by atoms with van der Waals surface area (Å²) in [6.07, 6.45) is 0. The number of rotatable bonds is 2. The molecule has 0 radical (unpaired) electrons. The van der Waals surface area contributed by atoms with Crippen molar-refractivity contribution < 1.29 is 36.9 Å². The quantitative estimate of drug-likeness (QED) is 0.531. The van der Waals surface area contributed by atoms with Crippen molar-refractivity contribution in [1.82, 2.24) is 4.90 Å². The molecule has 0 aromatic carbocycles. The van der Waals surface area contributed by atoms with Gasteiger partial charge in [0.15, 0.2) is 0 Å². The second-order valence-corrected chi connectivity index (χ2v) is 2.62. The summed E-state index contributed by atoms with van der Waals surface area (Å²) in [4.78, 5) is 21.1. The molecule has 0 aromatic rings. The molecule has 0 heterocycles. The van der Waals surface area contributed by atoms with E-state index in [1.165, 1.54) is 0 Å². The van der Waals surface area contributed by atoms with Crippen LogP contribution in [0.4, 0.5) is 9.59 Å². The smallest absolute Gasteiger partial charge is 0.278 e. The van der Waals surface area contributed by atoms with Gasteiger partial charge in [-0.25, -0.2) is 0 Å². The van der Waals surface area contributed by atoms with Crippen LogP contribution in [-0.2, 0) is 27.3 Å². The SMILES string of the molecule is CCN(CC)C(=O)S.NC(=O)S.[Cd]. The van der Waals surface area contributed by atoms with E-state index in [9.17, 15) is 4.79 Å². The monoisotopic (exact) mass is 324 g/mol. The largest absolute Gasteiger partial charge is 0.361 e. The number of nitrogens with zero attached hydrogens (tertiary/aromatic N) is 1. The first-order chi connectivity index (χ1) is 5.45. The average molecular weight is 323 g/mol. The summed E-state index contributed by atoms with van der Waals surface area (Å²) in [7, 11) is 0. The molecule has 0 saturated carbocycles. The predicted octanol–water partition coefficient (Wildman–Crippen LogP) is 1.37. The van der Waals surface area contributed by atoms with Crippen LogP contribution in [0.3, 0.4) is 0 Å². The molecule has 4 nitrogen and oxygen atoms in total. The summed E-state index contributed by atoms with van der Waals surface area (Å²) in [5, 5.41) is -0.782. The Bertz CT molecular complexity index is 150. The van der Waals surface area contributed by atoms with Crippen LogP contribution in [0.25, 0.3) is 0 Å². The fourth-order valence-electron chi connectivity index (χ4n) is 0.494. The third kappa shape index (κ3) is 19.1. The van der Waals surface area contributed by atoms with Gasteiger partial charge in [-0.3, -0.25) is 9.59 Å². The van der Waals surface area contributed by atoms with Crippen LogP contribution in [0.5, 0.6) is 0 Å². The molecule has 7 heteroatoms. The maximum Gasteiger partial charge on any atom is 0.278 e. The minimum atomic E-state index is -0.639. The van der Waals surface area contributed by atoms with Crippen LogP contribution in [0, 0.1) is 0 Å². The summed E-state index contributed by atoms with van der Waals surface area (Å²) in [5.41, 5.74) is 4.34. The van der Waals surface area contributed by atoms with E-state index in [4.69, 9.17) is 4.79 Å². The summed E-state index contributed by atoms with van der Waals surface area (Å²) in [6, 6.07) is 0. The number of carbonyl (C=O) groups is 2. The summed E-state index contributed by atoms with van der Waals surface area (Å²) in [6.45, 7) is 5.35. The standard InChI is InChI=1S/C5H11NOS.CH3NOS.Cd/c1-3-6(4-2)5(7)8;2-1(3)4;/h3-4H2,1-2H3,(H,7,8);(H3,2,3,4);. The number of thiol groups is 2. The first-order valence-corrected chi connectivity index (χ1v) is 4.31. The maximum atomic E-state index is 10.4. The summed E-state index contributed by atoms with van der Waals surface area (Å²) >= 11 is 6.75. The molecule has 0 spiro atoms. The molecule has 2 amide bonds. The van der Waals surface area contributed by atoms with Gasteiger partial charge >= 0.3 is 0 Å². The molecule has 74 valence electrons. The van der Waals surface area contributed by atoms with Gasteiger partial charge in [-0.05, 0) is 13.8 Å². The Kier molecular flexibility index (Phi) is 18.5. The zero-order chi connectivity index (χ0) is 10.1. The van der Waals surface area contributed by atoms with Gasteiger partial charge in [-0.2, -0.15) is 0 Å². The van der Waals surface area contributed by atoms with E-state index in [-0.39, 0.29) is 32.5 Å². The Labute approximate surface area is 110 Å². The molecule has 0 rings (SSSR count). The van der Waals surface area contributed by atoms with Gasteiger partial charge in [0.05, 0.1) is 0 Å². The van der Waals surface area contributed by atoms with Crippen LogP contribution in [0.1, 0.15) is 13.8 Å².